The number of aromatic nitrogens is 3. The van der Waals surface area contributed by atoms with Gasteiger partial charge in [-0.1, -0.05) is 13.8 Å². The third-order valence-electron chi connectivity index (χ3n) is 1.64. The van der Waals surface area contributed by atoms with E-state index in [2.05, 4.69) is 15.5 Å². The van der Waals surface area contributed by atoms with E-state index in [0.717, 1.165) is 0 Å². The zero-order chi connectivity index (χ0) is 10.6. The fourth-order valence-electron chi connectivity index (χ4n) is 0.912. The van der Waals surface area contributed by atoms with Gasteiger partial charge in [0, 0.05) is 6.54 Å². The summed E-state index contributed by atoms with van der Waals surface area (Å²) in [5.74, 6) is 0.410. The predicted molar refractivity (Wildman–Crippen MR) is 55.3 cm³/mol. The second-order valence-corrected chi connectivity index (χ2v) is 3.87. The number of carbonyl (C=O) groups excluding carboxylic acids is 1. The molecule has 14 heavy (non-hydrogen) atoms. The van der Waals surface area contributed by atoms with Crippen LogP contribution < -0.4 is 5.32 Å². The summed E-state index contributed by atoms with van der Waals surface area (Å²) in [5, 5.41) is 9.11. The number of nitrogens with one attached hydrogen (secondary N) is 2. The Bertz CT molecular complexity index is 354. The number of hydrogen-bond acceptors (Lipinski definition) is 3. The molecule has 0 spiro atoms. The largest absolute Gasteiger partial charge is 0.354 e. The third kappa shape index (κ3) is 3.29. The maximum Gasteiger partial charge on any atom is 0.240 e. The van der Waals surface area contributed by atoms with E-state index in [0.29, 0.717) is 17.2 Å². The summed E-state index contributed by atoms with van der Waals surface area (Å²) in [7, 11) is 0. The van der Waals surface area contributed by atoms with Gasteiger partial charge in [-0.05, 0) is 18.1 Å². The van der Waals surface area contributed by atoms with Crippen molar-refractivity contribution in [2.24, 2.45) is 5.92 Å². The van der Waals surface area contributed by atoms with E-state index in [1.54, 1.807) is 4.57 Å². The third-order valence-corrected chi connectivity index (χ3v) is 1.97. The number of amides is 1. The van der Waals surface area contributed by atoms with E-state index < -0.39 is 0 Å². The highest BCUT2D eigenvalue weighted by Gasteiger charge is 2.03. The lowest BCUT2D eigenvalue weighted by Gasteiger charge is -2.07. The minimum atomic E-state index is -0.0452. The number of carbonyl (C=O) groups is 1. The van der Waals surface area contributed by atoms with Crippen LogP contribution in [0.3, 0.4) is 0 Å². The molecule has 1 aromatic rings. The topological polar surface area (TPSA) is 62.7 Å². The second kappa shape index (κ2) is 4.90. The molecule has 0 aliphatic heterocycles. The maximum absolute atomic E-state index is 11.3. The minimum Gasteiger partial charge on any atom is -0.354 e. The second-order valence-electron chi connectivity index (χ2n) is 3.49. The lowest BCUT2D eigenvalue weighted by atomic mass is 10.2. The lowest BCUT2D eigenvalue weighted by molar-refractivity contribution is -0.121. The zero-order valence-corrected chi connectivity index (χ0v) is 9.10. The molecular weight excluding hydrogens is 200 g/mol. The summed E-state index contributed by atoms with van der Waals surface area (Å²) in [4.78, 5) is 11.3. The quantitative estimate of drug-likeness (QED) is 0.726. The lowest BCUT2D eigenvalue weighted by Crippen LogP contribution is -2.30. The van der Waals surface area contributed by atoms with Gasteiger partial charge in [0.25, 0.3) is 0 Å². The van der Waals surface area contributed by atoms with Crippen LogP contribution in [0.15, 0.2) is 6.33 Å². The molecule has 0 aromatic carbocycles. The molecule has 1 amide bonds. The number of hydrogen-bond donors (Lipinski definition) is 2. The van der Waals surface area contributed by atoms with Gasteiger partial charge >= 0.3 is 0 Å². The van der Waals surface area contributed by atoms with E-state index in [-0.39, 0.29) is 12.5 Å². The van der Waals surface area contributed by atoms with Crippen molar-refractivity contribution in [2.75, 3.05) is 6.54 Å². The van der Waals surface area contributed by atoms with Crippen molar-refractivity contribution in [3.63, 3.8) is 0 Å². The van der Waals surface area contributed by atoms with E-state index in [4.69, 9.17) is 12.2 Å². The Morgan fingerprint density at radius 1 is 1.79 bits per heavy atom. The van der Waals surface area contributed by atoms with Crippen molar-refractivity contribution in [3.05, 3.63) is 11.1 Å². The average Bonchev–Trinajstić information content (AvgIpc) is 2.49. The van der Waals surface area contributed by atoms with Crippen LogP contribution in [0.1, 0.15) is 13.8 Å². The molecule has 0 aliphatic rings. The van der Waals surface area contributed by atoms with Crippen LogP contribution in [0.4, 0.5) is 0 Å². The van der Waals surface area contributed by atoms with Gasteiger partial charge in [-0.25, -0.2) is 0 Å². The molecule has 5 nitrogen and oxygen atoms in total. The first-order valence-corrected chi connectivity index (χ1v) is 4.87. The van der Waals surface area contributed by atoms with Crippen molar-refractivity contribution in [1.29, 1.82) is 0 Å². The highest BCUT2D eigenvalue weighted by molar-refractivity contribution is 7.71. The van der Waals surface area contributed by atoms with Gasteiger partial charge < -0.3 is 5.32 Å². The first kappa shape index (κ1) is 10.9. The Morgan fingerprint density at radius 2 is 2.50 bits per heavy atom. The summed E-state index contributed by atoms with van der Waals surface area (Å²) in [6, 6.07) is 0. The normalized spacial score (nSPS) is 10.5. The Hall–Kier alpha value is -1.17. The Labute approximate surface area is 87.5 Å². The van der Waals surface area contributed by atoms with Gasteiger partial charge in [-0.15, -0.1) is 0 Å². The fraction of sp³-hybridized carbons (Fsp3) is 0.625. The molecule has 0 bridgehead atoms. The van der Waals surface area contributed by atoms with Crippen molar-refractivity contribution < 1.29 is 4.79 Å². The maximum atomic E-state index is 11.3. The Kier molecular flexibility index (Phi) is 3.82. The van der Waals surface area contributed by atoms with Gasteiger partial charge in [0.05, 0.1) is 0 Å². The molecule has 0 saturated heterocycles. The molecule has 0 atom stereocenters. The summed E-state index contributed by atoms with van der Waals surface area (Å²) < 4.78 is 2.05. The minimum absolute atomic E-state index is 0.0452. The molecule has 0 saturated carbocycles. The van der Waals surface area contributed by atoms with E-state index >= 15 is 0 Å². The molecule has 1 rings (SSSR count). The first-order chi connectivity index (χ1) is 6.59. The molecule has 0 radical (unpaired) electrons. The molecule has 0 unspecified atom stereocenters. The molecule has 0 aliphatic carbocycles. The van der Waals surface area contributed by atoms with Gasteiger partial charge in [0.2, 0.25) is 5.91 Å². The Balaban J connectivity index is 2.42. The monoisotopic (exact) mass is 214 g/mol. The predicted octanol–water partition coefficient (Wildman–Crippen LogP) is 0.713. The summed E-state index contributed by atoms with van der Waals surface area (Å²) in [6.45, 7) is 5.00. The van der Waals surface area contributed by atoms with Gasteiger partial charge in [-0.3, -0.25) is 14.5 Å². The van der Waals surface area contributed by atoms with Crippen LogP contribution in [0, 0.1) is 10.7 Å². The smallest absolute Gasteiger partial charge is 0.240 e. The molecule has 6 heteroatoms. The van der Waals surface area contributed by atoms with Crippen LogP contribution in [-0.2, 0) is 11.3 Å². The van der Waals surface area contributed by atoms with Crippen LogP contribution in [0.2, 0.25) is 0 Å². The highest BCUT2D eigenvalue weighted by Crippen LogP contribution is 1.90. The molecule has 0 fully saturated rings. The number of aromatic amines is 1. The van der Waals surface area contributed by atoms with E-state index in [1.165, 1.54) is 6.33 Å². The van der Waals surface area contributed by atoms with E-state index in [9.17, 15) is 4.79 Å². The summed E-state index contributed by atoms with van der Waals surface area (Å²) in [6.07, 6.45) is 1.51. The van der Waals surface area contributed by atoms with Crippen LogP contribution in [0.25, 0.3) is 0 Å². The SMILES string of the molecule is CC(C)CNC(=O)Cn1cn[nH]c1=S. The molecule has 78 valence electrons. The fourth-order valence-corrected chi connectivity index (χ4v) is 1.08. The van der Waals surface area contributed by atoms with Gasteiger partial charge in [0.1, 0.15) is 12.9 Å². The first-order valence-electron chi connectivity index (χ1n) is 4.46. The zero-order valence-electron chi connectivity index (χ0n) is 8.28. The van der Waals surface area contributed by atoms with Crippen molar-refractivity contribution >= 4 is 18.1 Å². The number of rotatable bonds is 4. The molecule has 2 N–H and O–H groups in total. The van der Waals surface area contributed by atoms with Crippen molar-refractivity contribution in [1.82, 2.24) is 20.1 Å². The average molecular weight is 214 g/mol. The van der Waals surface area contributed by atoms with Crippen molar-refractivity contribution in [2.45, 2.75) is 20.4 Å². The number of H-pyrrole nitrogens is 1. The van der Waals surface area contributed by atoms with E-state index in [1.807, 2.05) is 13.8 Å². The standard InChI is InChI=1S/C8H14N4OS/c1-6(2)3-9-7(13)4-12-5-10-11-8(12)14/h5-6H,3-4H2,1-2H3,(H,9,13)(H,11,14). The van der Waals surface area contributed by atoms with Gasteiger partial charge in [0.15, 0.2) is 4.77 Å². The molecule has 1 aromatic heterocycles. The molecular formula is C8H14N4OS. The van der Waals surface area contributed by atoms with Crippen LogP contribution in [-0.4, -0.2) is 27.2 Å². The Morgan fingerprint density at radius 3 is 3.00 bits per heavy atom. The number of nitrogens with zero attached hydrogens (tertiary/aromatic N) is 2. The molecule has 1 heterocycles. The van der Waals surface area contributed by atoms with Crippen molar-refractivity contribution in [3.8, 4) is 0 Å². The van der Waals surface area contributed by atoms with Crippen LogP contribution >= 0.6 is 12.2 Å². The summed E-state index contributed by atoms with van der Waals surface area (Å²) in [5.41, 5.74) is 0. The highest BCUT2D eigenvalue weighted by atomic mass is 32.1. The van der Waals surface area contributed by atoms with Gasteiger partial charge in [-0.2, -0.15) is 5.10 Å². The van der Waals surface area contributed by atoms with Crippen LogP contribution in [0.5, 0.6) is 0 Å². The summed E-state index contributed by atoms with van der Waals surface area (Å²) >= 11 is 4.90.